The predicted molar refractivity (Wildman–Crippen MR) is 74.4 cm³/mol. The highest BCUT2D eigenvalue weighted by Gasteiger charge is 2.37. The molecule has 1 aliphatic rings. The summed E-state index contributed by atoms with van der Waals surface area (Å²) in [7, 11) is 1.40. The number of ketones is 2. The minimum atomic E-state index is -0.534. The quantitative estimate of drug-likeness (QED) is 0.669. The van der Waals surface area contributed by atoms with E-state index in [2.05, 4.69) is 0 Å². The molecule has 21 heavy (non-hydrogen) atoms. The van der Waals surface area contributed by atoms with Crippen molar-refractivity contribution in [3.8, 4) is 17.2 Å². The topological polar surface area (TPSA) is 83.8 Å². The molecule has 0 aliphatic heterocycles. The van der Waals surface area contributed by atoms with Crippen molar-refractivity contribution in [1.29, 1.82) is 0 Å². The van der Waals surface area contributed by atoms with Crippen LogP contribution in [0.3, 0.4) is 0 Å². The Bertz CT molecular complexity index is 805. The molecule has 0 radical (unpaired) electrons. The maximum absolute atomic E-state index is 12.7. The average molecular weight is 284 g/mol. The third-order valence-corrected chi connectivity index (χ3v) is 3.64. The Morgan fingerprint density at radius 3 is 2.38 bits per heavy atom. The molecule has 2 N–H and O–H groups in total. The van der Waals surface area contributed by atoms with Crippen LogP contribution in [0.5, 0.6) is 17.2 Å². The zero-order valence-electron chi connectivity index (χ0n) is 11.4. The molecule has 0 aromatic heterocycles. The first kappa shape index (κ1) is 13.2. The molecule has 0 heterocycles. The van der Waals surface area contributed by atoms with Gasteiger partial charge in [0.15, 0.2) is 5.78 Å². The number of aromatic hydroxyl groups is 2. The molecule has 5 nitrogen and oxygen atoms in total. The van der Waals surface area contributed by atoms with Crippen LogP contribution >= 0.6 is 0 Å². The molecule has 0 saturated carbocycles. The molecule has 2 aromatic rings. The smallest absolute Gasteiger partial charge is 0.202 e. The summed E-state index contributed by atoms with van der Waals surface area (Å²) < 4.78 is 5.13. The van der Waals surface area contributed by atoms with Crippen LogP contribution < -0.4 is 4.74 Å². The van der Waals surface area contributed by atoms with Crippen molar-refractivity contribution in [2.45, 2.75) is 6.92 Å². The van der Waals surface area contributed by atoms with Gasteiger partial charge in [-0.3, -0.25) is 9.59 Å². The molecule has 0 bridgehead atoms. The maximum atomic E-state index is 12.7. The zero-order valence-corrected chi connectivity index (χ0v) is 11.4. The fraction of sp³-hybridized carbons (Fsp3) is 0.125. The van der Waals surface area contributed by atoms with Crippen LogP contribution in [0.1, 0.15) is 37.4 Å². The number of rotatable bonds is 1. The fourth-order valence-electron chi connectivity index (χ4n) is 2.62. The summed E-state index contributed by atoms with van der Waals surface area (Å²) in [6, 6.07) is 5.93. The number of hydrogen-bond donors (Lipinski definition) is 2. The number of hydrogen-bond acceptors (Lipinski definition) is 5. The van der Waals surface area contributed by atoms with Crippen molar-refractivity contribution in [2.24, 2.45) is 0 Å². The van der Waals surface area contributed by atoms with E-state index in [1.807, 2.05) is 0 Å². The number of methoxy groups -OCH3 is 1. The van der Waals surface area contributed by atoms with Gasteiger partial charge >= 0.3 is 0 Å². The monoisotopic (exact) mass is 284 g/mol. The molecule has 2 aromatic carbocycles. The van der Waals surface area contributed by atoms with Gasteiger partial charge in [-0.05, 0) is 24.6 Å². The first-order chi connectivity index (χ1) is 9.97. The molecule has 0 saturated heterocycles. The van der Waals surface area contributed by atoms with Gasteiger partial charge in [0.1, 0.15) is 17.2 Å². The van der Waals surface area contributed by atoms with Gasteiger partial charge in [0, 0.05) is 5.56 Å². The van der Waals surface area contributed by atoms with Crippen molar-refractivity contribution >= 4 is 11.6 Å². The van der Waals surface area contributed by atoms with E-state index in [-0.39, 0.29) is 39.5 Å². The molecule has 106 valence electrons. The van der Waals surface area contributed by atoms with Crippen LogP contribution in [-0.2, 0) is 0 Å². The van der Waals surface area contributed by atoms with Gasteiger partial charge in [-0.15, -0.1) is 0 Å². The van der Waals surface area contributed by atoms with E-state index in [1.165, 1.54) is 19.2 Å². The number of phenolic OH excluding ortho intramolecular Hbond substituents is 2. The highest BCUT2D eigenvalue weighted by atomic mass is 16.5. The summed E-state index contributed by atoms with van der Waals surface area (Å²) in [6.07, 6.45) is 0. The molecule has 3 rings (SSSR count). The van der Waals surface area contributed by atoms with E-state index < -0.39 is 11.6 Å². The van der Waals surface area contributed by atoms with Crippen LogP contribution in [-0.4, -0.2) is 28.9 Å². The summed E-state index contributed by atoms with van der Waals surface area (Å²) in [6.45, 7) is 1.55. The zero-order chi connectivity index (χ0) is 15.3. The minimum Gasteiger partial charge on any atom is -0.507 e. The molecule has 0 unspecified atom stereocenters. The number of carbonyl (C=O) groups excluding carboxylic acids is 2. The lowest BCUT2D eigenvalue weighted by Crippen LogP contribution is -2.22. The van der Waals surface area contributed by atoms with Crippen LogP contribution in [0.4, 0.5) is 0 Å². The summed E-state index contributed by atoms with van der Waals surface area (Å²) in [4.78, 5) is 25.2. The standard InChI is InChI=1S/C16H12O5/c1-7-6-9(17)12-13(14(7)18)16(20)11-8(15(12)19)4-3-5-10(11)21-2/h3-6,17-18H,1-2H3. The molecule has 0 amide bonds. The van der Waals surface area contributed by atoms with E-state index in [1.54, 1.807) is 19.1 Å². The van der Waals surface area contributed by atoms with Gasteiger partial charge in [-0.1, -0.05) is 12.1 Å². The Morgan fingerprint density at radius 1 is 1.00 bits per heavy atom. The highest BCUT2D eigenvalue weighted by Crippen LogP contribution is 2.41. The summed E-state index contributed by atoms with van der Waals surface area (Å²) in [5, 5.41) is 20.1. The Kier molecular flexibility index (Phi) is 2.73. The van der Waals surface area contributed by atoms with Crippen molar-refractivity contribution in [3.63, 3.8) is 0 Å². The number of benzene rings is 2. The van der Waals surface area contributed by atoms with Crippen molar-refractivity contribution in [1.82, 2.24) is 0 Å². The first-order valence-electron chi connectivity index (χ1n) is 6.29. The SMILES string of the molecule is COc1cccc2c1C(=O)c1c(O)c(C)cc(O)c1C2=O. The van der Waals surface area contributed by atoms with E-state index in [4.69, 9.17) is 4.74 Å². The third-order valence-electron chi connectivity index (χ3n) is 3.64. The van der Waals surface area contributed by atoms with E-state index in [0.717, 1.165) is 0 Å². The van der Waals surface area contributed by atoms with Gasteiger partial charge in [-0.25, -0.2) is 0 Å². The highest BCUT2D eigenvalue weighted by molar-refractivity contribution is 6.31. The van der Waals surface area contributed by atoms with Gasteiger partial charge in [0.25, 0.3) is 0 Å². The minimum absolute atomic E-state index is 0.109. The lowest BCUT2D eigenvalue weighted by atomic mass is 9.81. The Balaban J connectivity index is 2.42. The van der Waals surface area contributed by atoms with Gasteiger partial charge in [-0.2, -0.15) is 0 Å². The van der Waals surface area contributed by atoms with Crippen molar-refractivity contribution in [2.75, 3.05) is 7.11 Å². The van der Waals surface area contributed by atoms with Crippen LogP contribution in [0.25, 0.3) is 0 Å². The number of ether oxygens (including phenoxy) is 1. The van der Waals surface area contributed by atoms with Crippen LogP contribution in [0, 0.1) is 6.92 Å². The first-order valence-corrected chi connectivity index (χ1v) is 6.29. The second-order valence-electron chi connectivity index (χ2n) is 4.85. The summed E-state index contributed by atoms with van der Waals surface area (Å²) >= 11 is 0. The molecular formula is C16H12O5. The normalized spacial score (nSPS) is 12.9. The van der Waals surface area contributed by atoms with E-state index in [0.29, 0.717) is 5.56 Å². The molecule has 1 aliphatic carbocycles. The predicted octanol–water partition coefficient (Wildman–Crippen LogP) is 2.19. The molecule has 0 atom stereocenters. The fourth-order valence-corrected chi connectivity index (χ4v) is 2.62. The van der Waals surface area contributed by atoms with Crippen molar-refractivity contribution in [3.05, 3.63) is 52.1 Å². The van der Waals surface area contributed by atoms with E-state index in [9.17, 15) is 19.8 Å². The summed E-state index contributed by atoms with van der Waals surface area (Å²) in [5.74, 6) is -1.39. The van der Waals surface area contributed by atoms with Gasteiger partial charge in [0.05, 0.1) is 23.8 Å². The lowest BCUT2D eigenvalue weighted by molar-refractivity contribution is 0.0971. The largest absolute Gasteiger partial charge is 0.507 e. The van der Waals surface area contributed by atoms with Gasteiger partial charge < -0.3 is 14.9 Å². The Morgan fingerprint density at radius 2 is 1.71 bits per heavy atom. The molecular weight excluding hydrogens is 272 g/mol. The Hall–Kier alpha value is -2.82. The third kappa shape index (κ3) is 1.64. The van der Waals surface area contributed by atoms with Crippen LogP contribution in [0.2, 0.25) is 0 Å². The summed E-state index contributed by atoms with van der Waals surface area (Å²) in [5.41, 5.74) is 0.257. The molecule has 0 fully saturated rings. The molecule has 5 heteroatoms. The second-order valence-corrected chi connectivity index (χ2v) is 4.85. The number of carbonyl (C=O) groups is 2. The van der Waals surface area contributed by atoms with Crippen molar-refractivity contribution < 1.29 is 24.5 Å². The lowest BCUT2D eigenvalue weighted by Gasteiger charge is -2.21. The number of fused-ring (bicyclic) bond motifs is 2. The van der Waals surface area contributed by atoms with Crippen LogP contribution in [0.15, 0.2) is 24.3 Å². The average Bonchev–Trinajstić information content (AvgIpc) is 2.47. The second kappa shape index (κ2) is 4.34. The van der Waals surface area contributed by atoms with E-state index >= 15 is 0 Å². The molecule has 0 spiro atoms. The van der Waals surface area contributed by atoms with Gasteiger partial charge in [0.2, 0.25) is 5.78 Å². The number of phenols is 2. The number of aryl methyl sites for hydroxylation is 1. The maximum Gasteiger partial charge on any atom is 0.202 e. The Labute approximate surface area is 120 Å².